The van der Waals surface area contributed by atoms with Crippen LogP contribution in [-0.4, -0.2) is 55.0 Å². The van der Waals surface area contributed by atoms with Gasteiger partial charge in [-0.2, -0.15) is 0 Å². The van der Waals surface area contributed by atoms with Gasteiger partial charge in [0.25, 0.3) is 0 Å². The van der Waals surface area contributed by atoms with Gasteiger partial charge in [0.05, 0.1) is 12.2 Å². The fourth-order valence-electron chi connectivity index (χ4n) is 2.56. The van der Waals surface area contributed by atoms with Gasteiger partial charge in [-0.3, -0.25) is 4.90 Å². The molecule has 2 fully saturated rings. The van der Waals surface area contributed by atoms with Crippen molar-refractivity contribution >= 4 is 0 Å². The van der Waals surface area contributed by atoms with Crippen LogP contribution < -0.4 is 5.73 Å². The van der Waals surface area contributed by atoms with Gasteiger partial charge in [0.1, 0.15) is 0 Å². The number of ether oxygens (including phenoxy) is 1. The lowest BCUT2D eigenvalue weighted by Gasteiger charge is -2.36. The van der Waals surface area contributed by atoms with E-state index in [0.29, 0.717) is 18.6 Å². The normalized spacial score (nSPS) is 38.4. The lowest BCUT2D eigenvalue weighted by atomic mass is 9.94. The third kappa shape index (κ3) is 2.91. The van der Waals surface area contributed by atoms with Crippen molar-refractivity contribution in [2.24, 2.45) is 11.7 Å². The van der Waals surface area contributed by atoms with Crippen LogP contribution >= 0.6 is 0 Å². The highest BCUT2D eigenvalue weighted by Gasteiger charge is 2.28. The number of nitrogens with two attached hydrogens (primary N) is 1. The average Bonchev–Trinajstić information content (AvgIpc) is 2.71. The van der Waals surface area contributed by atoms with Crippen molar-refractivity contribution in [2.75, 3.05) is 32.8 Å². The summed E-state index contributed by atoms with van der Waals surface area (Å²) in [5.74, 6) is 0.297. The second-order valence-corrected chi connectivity index (χ2v) is 4.75. The van der Waals surface area contributed by atoms with E-state index in [-0.39, 0.29) is 6.10 Å². The van der Waals surface area contributed by atoms with Gasteiger partial charge in [-0.05, 0) is 38.3 Å². The minimum atomic E-state index is -0.245. The maximum atomic E-state index is 9.85. The lowest BCUT2D eigenvalue weighted by molar-refractivity contribution is -0.0000138. The molecule has 2 aliphatic rings. The number of hydrogen-bond donors (Lipinski definition) is 2. The zero-order chi connectivity index (χ0) is 10.7. The van der Waals surface area contributed by atoms with Crippen molar-refractivity contribution in [3.8, 4) is 0 Å². The Balaban J connectivity index is 1.75. The summed E-state index contributed by atoms with van der Waals surface area (Å²) < 4.78 is 5.60. The van der Waals surface area contributed by atoms with Crippen LogP contribution in [0.15, 0.2) is 0 Å². The molecular weight excluding hydrogens is 192 g/mol. The van der Waals surface area contributed by atoms with E-state index in [0.717, 1.165) is 32.7 Å². The number of piperidine rings is 1. The van der Waals surface area contributed by atoms with Crippen LogP contribution in [0.4, 0.5) is 0 Å². The number of rotatable bonds is 3. The molecule has 0 spiro atoms. The van der Waals surface area contributed by atoms with Crippen molar-refractivity contribution in [3.05, 3.63) is 0 Å². The van der Waals surface area contributed by atoms with Gasteiger partial charge in [-0.25, -0.2) is 0 Å². The van der Waals surface area contributed by atoms with Gasteiger partial charge in [0, 0.05) is 19.7 Å². The first-order valence-corrected chi connectivity index (χ1v) is 6.01. The number of β-amino-alcohol motifs (C(OH)–C–C–N with tert-alkyl or cyclic N) is 1. The first kappa shape index (κ1) is 11.3. The number of hydrogen-bond acceptors (Lipinski definition) is 4. The smallest absolute Gasteiger partial charge is 0.0707 e. The molecule has 2 unspecified atom stereocenters. The first-order chi connectivity index (χ1) is 7.29. The summed E-state index contributed by atoms with van der Waals surface area (Å²) in [4.78, 5) is 2.31. The van der Waals surface area contributed by atoms with E-state index in [4.69, 9.17) is 10.5 Å². The zero-order valence-corrected chi connectivity index (χ0v) is 9.27. The van der Waals surface area contributed by atoms with Gasteiger partial charge in [-0.1, -0.05) is 0 Å². The Kier molecular flexibility index (Phi) is 3.97. The van der Waals surface area contributed by atoms with E-state index in [9.17, 15) is 5.11 Å². The topological polar surface area (TPSA) is 58.7 Å². The molecule has 88 valence electrons. The maximum Gasteiger partial charge on any atom is 0.0707 e. The van der Waals surface area contributed by atoms with Gasteiger partial charge < -0.3 is 15.6 Å². The van der Waals surface area contributed by atoms with E-state index in [1.807, 2.05) is 0 Å². The molecule has 15 heavy (non-hydrogen) atoms. The molecule has 0 aromatic heterocycles. The lowest BCUT2D eigenvalue weighted by Crippen LogP contribution is -2.48. The van der Waals surface area contributed by atoms with Crippen LogP contribution in [0.1, 0.15) is 19.3 Å². The van der Waals surface area contributed by atoms with Crippen molar-refractivity contribution in [2.45, 2.75) is 31.5 Å². The van der Waals surface area contributed by atoms with Gasteiger partial charge in [-0.15, -0.1) is 0 Å². The first-order valence-electron chi connectivity index (χ1n) is 6.01. The fraction of sp³-hybridized carbons (Fsp3) is 1.00. The molecule has 4 nitrogen and oxygen atoms in total. The van der Waals surface area contributed by atoms with Crippen LogP contribution in [0.25, 0.3) is 0 Å². The summed E-state index contributed by atoms with van der Waals surface area (Å²) in [6.45, 7) is 4.32. The Morgan fingerprint density at radius 1 is 1.40 bits per heavy atom. The molecule has 4 heteroatoms. The van der Waals surface area contributed by atoms with E-state index in [1.165, 1.54) is 12.8 Å². The highest BCUT2D eigenvalue weighted by molar-refractivity contribution is 4.82. The molecule has 3 N–H and O–H groups in total. The fourth-order valence-corrected chi connectivity index (χ4v) is 2.56. The highest BCUT2D eigenvalue weighted by atomic mass is 16.5. The van der Waals surface area contributed by atoms with Crippen molar-refractivity contribution < 1.29 is 9.84 Å². The zero-order valence-electron chi connectivity index (χ0n) is 9.27. The summed E-state index contributed by atoms with van der Waals surface area (Å²) in [7, 11) is 0. The standard InChI is InChI=1S/C11H22N2O2/c12-6-9-3-4-13(8-11(9)14)7-10-2-1-5-15-10/h9-11,14H,1-8,12H2/t9?,10?,11-/m1/s1. The number of aliphatic hydroxyl groups is 1. The molecule has 2 saturated heterocycles. The summed E-state index contributed by atoms with van der Waals surface area (Å²) >= 11 is 0. The predicted octanol–water partition coefficient (Wildman–Crippen LogP) is -0.193. The van der Waals surface area contributed by atoms with Crippen molar-refractivity contribution in [1.29, 1.82) is 0 Å². The predicted molar refractivity (Wildman–Crippen MR) is 58.6 cm³/mol. The summed E-state index contributed by atoms with van der Waals surface area (Å²) in [5.41, 5.74) is 5.60. The molecular formula is C11H22N2O2. The Bertz CT molecular complexity index is 195. The molecule has 0 amide bonds. The van der Waals surface area contributed by atoms with E-state index in [1.54, 1.807) is 0 Å². The number of nitrogens with zero attached hydrogens (tertiary/aromatic N) is 1. The largest absolute Gasteiger partial charge is 0.391 e. The average molecular weight is 214 g/mol. The number of aliphatic hydroxyl groups excluding tert-OH is 1. The third-order valence-corrected chi connectivity index (χ3v) is 3.59. The molecule has 0 aromatic rings. The van der Waals surface area contributed by atoms with Crippen LogP contribution in [0.5, 0.6) is 0 Å². The minimum Gasteiger partial charge on any atom is -0.391 e. The molecule has 0 aromatic carbocycles. The molecule has 0 aliphatic carbocycles. The molecule has 2 heterocycles. The van der Waals surface area contributed by atoms with E-state index >= 15 is 0 Å². The minimum absolute atomic E-state index is 0.245. The van der Waals surface area contributed by atoms with E-state index in [2.05, 4.69) is 4.90 Å². The maximum absolute atomic E-state index is 9.85. The Morgan fingerprint density at radius 2 is 2.27 bits per heavy atom. The van der Waals surface area contributed by atoms with Gasteiger partial charge in [0.2, 0.25) is 0 Å². The molecule has 0 saturated carbocycles. The molecule has 0 radical (unpaired) electrons. The van der Waals surface area contributed by atoms with Gasteiger partial charge >= 0.3 is 0 Å². The monoisotopic (exact) mass is 214 g/mol. The molecule has 2 aliphatic heterocycles. The quantitative estimate of drug-likeness (QED) is 0.683. The summed E-state index contributed by atoms with van der Waals surface area (Å²) in [6.07, 6.45) is 3.53. The van der Waals surface area contributed by atoms with Crippen LogP contribution in [-0.2, 0) is 4.74 Å². The van der Waals surface area contributed by atoms with Crippen molar-refractivity contribution in [1.82, 2.24) is 4.90 Å². The Hall–Kier alpha value is -0.160. The highest BCUT2D eigenvalue weighted by Crippen LogP contribution is 2.19. The summed E-state index contributed by atoms with van der Waals surface area (Å²) in [5, 5.41) is 9.85. The summed E-state index contributed by atoms with van der Waals surface area (Å²) in [6, 6.07) is 0. The van der Waals surface area contributed by atoms with Gasteiger partial charge in [0.15, 0.2) is 0 Å². The second-order valence-electron chi connectivity index (χ2n) is 4.75. The second kappa shape index (κ2) is 5.25. The Labute approximate surface area is 91.4 Å². The Morgan fingerprint density at radius 3 is 2.87 bits per heavy atom. The number of likely N-dealkylation sites (tertiary alicyclic amines) is 1. The SMILES string of the molecule is NCC1CCN(CC2CCCO2)C[C@H]1O. The molecule has 0 bridgehead atoms. The van der Waals surface area contributed by atoms with Crippen LogP contribution in [0.3, 0.4) is 0 Å². The van der Waals surface area contributed by atoms with E-state index < -0.39 is 0 Å². The van der Waals surface area contributed by atoms with Crippen molar-refractivity contribution in [3.63, 3.8) is 0 Å². The van der Waals surface area contributed by atoms with Crippen LogP contribution in [0.2, 0.25) is 0 Å². The molecule has 3 atom stereocenters. The third-order valence-electron chi connectivity index (χ3n) is 3.59. The van der Waals surface area contributed by atoms with Crippen LogP contribution in [0, 0.1) is 5.92 Å². The molecule has 2 rings (SSSR count).